The Kier molecular flexibility index (Phi) is 5.31. The molecule has 1 aromatic rings. The summed E-state index contributed by atoms with van der Waals surface area (Å²) in [7, 11) is 1.55. The third-order valence-electron chi connectivity index (χ3n) is 2.42. The van der Waals surface area contributed by atoms with Crippen LogP contribution in [0.2, 0.25) is 0 Å². The van der Waals surface area contributed by atoms with Crippen molar-refractivity contribution in [1.29, 1.82) is 0 Å². The molecule has 0 saturated carbocycles. The first-order valence-corrected chi connectivity index (χ1v) is 5.86. The molecule has 0 aliphatic heterocycles. The molecule has 0 spiro atoms. The van der Waals surface area contributed by atoms with Crippen LogP contribution in [-0.4, -0.2) is 34.7 Å². The van der Waals surface area contributed by atoms with Gasteiger partial charge in [-0.05, 0) is 6.42 Å². The lowest BCUT2D eigenvalue weighted by molar-refractivity contribution is -0.121. The van der Waals surface area contributed by atoms with Crippen LogP contribution >= 0.6 is 0 Å². The topological polar surface area (TPSA) is 102 Å². The van der Waals surface area contributed by atoms with Gasteiger partial charge in [0.1, 0.15) is 6.54 Å². The number of amides is 2. The number of nitrogens with two attached hydrogens (primary N) is 1. The van der Waals surface area contributed by atoms with Crippen molar-refractivity contribution in [3.63, 3.8) is 0 Å². The first kappa shape index (κ1) is 14.2. The maximum Gasteiger partial charge on any atom is 0.241 e. The van der Waals surface area contributed by atoms with Crippen molar-refractivity contribution in [3.8, 4) is 0 Å². The second-order valence-corrected chi connectivity index (χ2v) is 3.98. The monoisotopic (exact) mass is 253 g/mol. The molecule has 0 aliphatic rings. The predicted octanol–water partition coefficient (Wildman–Crippen LogP) is -0.305. The lowest BCUT2D eigenvalue weighted by atomic mass is 10.2. The summed E-state index contributed by atoms with van der Waals surface area (Å²) in [5.74, 6) is -0.394. The van der Waals surface area contributed by atoms with Gasteiger partial charge in [0.05, 0.1) is 17.9 Å². The number of likely N-dealkylation sites (N-methyl/N-ethyl adjacent to an activating group) is 1. The zero-order valence-corrected chi connectivity index (χ0v) is 10.6. The smallest absolute Gasteiger partial charge is 0.241 e. The first-order chi connectivity index (χ1) is 8.56. The van der Waals surface area contributed by atoms with E-state index in [1.165, 1.54) is 10.9 Å². The third-order valence-corrected chi connectivity index (χ3v) is 2.42. The number of carbonyl (C=O) groups is 2. The molecule has 1 unspecified atom stereocenters. The van der Waals surface area contributed by atoms with Gasteiger partial charge in [-0.2, -0.15) is 5.10 Å². The molecule has 1 heterocycles. The van der Waals surface area contributed by atoms with Crippen molar-refractivity contribution in [2.75, 3.05) is 12.4 Å². The Hall–Kier alpha value is -1.89. The fraction of sp³-hybridized carbons (Fsp3) is 0.545. The highest BCUT2D eigenvalue weighted by Gasteiger charge is 2.13. The fourth-order valence-electron chi connectivity index (χ4n) is 1.42. The number of nitrogens with zero attached hydrogens (tertiary/aromatic N) is 2. The standard InChI is InChI=1S/C11H19N5O2/c1-3-4-9(12)11(18)15-8-5-14-16(6-8)7-10(17)13-2/h5-6,9H,3-4,7,12H2,1-2H3,(H,13,17)(H,15,18). The summed E-state index contributed by atoms with van der Waals surface area (Å²) in [4.78, 5) is 22.8. The van der Waals surface area contributed by atoms with E-state index < -0.39 is 6.04 Å². The van der Waals surface area contributed by atoms with Gasteiger partial charge in [0.2, 0.25) is 11.8 Å². The Morgan fingerprint density at radius 3 is 2.89 bits per heavy atom. The molecule has 7 nitrogen and oxygen atoms in total. The summed E-state index contributed by atoms with van der Waals surface area (Å²) >= 11 is 0. The number of carbonyl (C=O) groups excluding carboxylic acids is 2. The lowest BCUT2D eigenvalue weighted by Crippen LogP contribution is -2.35. The molecule has 0 aliphatic carbocycles. The van der Waals surface area contributed by atoms with Gasteiger partial charge in [0, 0.05) is 13.2 Å². The van der Waals surface area contributed by atoms with E-state index in [4.69, 9.17) is 5.73 Å². The van der Waals surface area contributed by atoms with Crippen LogP contribution in [0.1, 0.15) is 19.8 Å². The second-order valence-electron chi connectivity index (χ2n) is 3.98. The Morgan fingerprint density at radius 2 is 2.28 bits per heavy atom. The second kappa shape index (κ2) is 6.75. The zero-order chi connectivity index (χ0) is 13.5. The fourth-order valence-corrected chi connectivity index (χ4v) is 1.42. The van der Waals surface area contributed by atoms with Gasteiger partial charge in [0.15, 0.2) is 0 Å². The van der Waals surface area contributed by atoms with Gasteiger partial charge in [0.25, 0.3) is 0 Å². The van der Waals surface area contributed by atoms with Crippen LogP contribution < -0.4 is 16.4 Å². The number of hydrogen-bond acceptors (Lipinski definition) is 4. The Balaban J connectivity index is 2.53. The maximum atomic E-state index is 11.6. The minimum Gasteiger partial charge on any atom is -0.358 e. The quantitative estimate of drug-likeness (QED) is 0.647. The van der Waals surface area contributed by atoms with Crippen molar-refractivity contribution in [3.05, 3.63) is 12.4 Å². The van der Waals surface area contributed by atoms with Crippen molar-refractivity contribution in [1.82, 2.24) is 15.1 Å². The van der Waals surface area contributed by atoms with E-state index in [0.29, 0.717) is 12.1 Å². The largest absolute Gasteiger partial charge is 0.358 e. The number of nitrogens with one attached hydrogen (secondary N) is 2. The lowest BCUT2D eigenvalue weighted by Gasteiger charge is -2.09. The average molecular weight is 253 g/mol. The maximum absolute atomic E-state index is 11.6. The Labute approximate surface area is 106 Å². The van der Waals surface area contributed by atoms with Gasteiger partial charge < -0.3 is 16.4 Å². The molecular formula is C11H19N5O2. The molecule has 7 heteroatoms. The first-order valence-electron chi connectivity index (χ1n) is 5.86. The number of aromatic nitrogens is 2. The minimum absolute atomic E-state index is 0.118. The summed E-state index contributed by atoms with van der Waals surface area (Å²) in [6.45, 7) is 2.09. The molecule has 1 aromatic heterocycles. The van der Waals surface area contributed by atoms with Gasteiger partial charge >= 0.3 is 0 Å². The van der Waals surface area contributed by atoms with E-state index >= 15 is 0 Å². The molecule has 0 saturated heterocycles. The average Bonchev–Trinajstić information content (AvgIpc) is 2.76. The van der Waals surface area contributed by atoms with E-state index in [1.807, 2.05) is 6.92 Å². The Bertz CT molecular complexity index is 415. The summed E-state index contributed by atoms with van der Waals surface area (Å²) in [6.07, 6.45) is 4.56. The van der Waals surface area contributed by atoms with E-state index in [2.05, 4.69) is 15.7 Å². The normalized spacial score (nSPS) is 11.9. The summed E-state index contributed by atoms with van der Waals surface area (Å²) in [6, 6.07) is -0.516. The van der Waals surface area contributed by atoms with Crippen LogP contribution in [-0.2, 0) is 16.1 Å². The molecule has 0 aromatic carbocycles. The van der Waals surface area contributed by atoms with Crippen LogP contribution in [0.4, 0.5) is 5.69 Å². The number of rotatable bonds is 6. The summed E-state index contributed by atoms with van der Waals surface area (Å²) in [5, 5.41) is 9.11. The van der Waals surface area contributed by atoms with Gasteiger partial charge in [-0.3, -0.25) is 14.3 Å². The summed E-state index contributed by atoms with van der Waals surface area (Å²) < 4.78 is 1.44. The van der Waals surface area contributed by atoms with E-state index in [-0.39, 0.29) is 18.4 Å². The van der Waals surface area contributed by atoms with Crippen LogP contribution in [0.3, 0.4) is 0 Å². The zero-order valence-electron chi connectivity index (χ0n) is 10.6. The van der Waals surface area contributed by atoms with Crippen molar-refractivity contribution in [2.45, 2.75) is 32.4 Å². The molecular weight excluding hydrogens is 234 g/mol. The minimum atomic E-state index is -0.516. The third kappa shape index (κ3) is 4.17. The molecule has 0 radical (unpaired) electrons. The molecule has 1 atom stereocenters. The highest BCUT2D eigenvalue weighted by molar-refractivity contribution is 5.94. The number of hydrogen-bond donors (Lipinski definition) is 3. The predicted molar refractivity (Wildman–Crippen MR) is 67.8 cm³/mol. The van der Waals surface area contributed by atoms with E-state index in [0.717, 1.165) is 6.42 Å². The molecule has 2 amide bonds. The molecule has 18 heavy (non-hydrogen) atoms. The summed E-state index contributed by atoms with van der Waals surface area (Å²) in [5.41, 5.74) is 6.22. The van der Waals surface area contributed by atoms with Gasteiger partial charge in [-0.1, -0.05) is 13.3 Å². The molecule has 1 rings (SSSR count). The van der Waals surface area contributed by atoms with Crippen LogP contribution in [0.5, 0.6) is 0 Å². The molecule has 4 N–H and O–H groups in total. The van der Waals surface area contributed by atoms with Gasteiger partial charge in [-0.25, -0.2) is 0 Å². The Morgan fingerprint density at radius 1 is 1.56 bits per heavy atom. The van der Waals surface area contributed by atoms with Crippen molar-refractivity contribution in [2.24, 2.45) is 5.73 Å². The van der Waals surface area contributed by atoms with Crippen LogP contribution in [0, 0.1) is 0 Å². The SMILES string of the molecule is CCCC(N)C(=O)Nc1cnn(CC(=O)NC)c1. The number of anilines is 1. The highest BCUT2D eigenvalue weighted by Crippen LogP contribution is 2.06. The van der Waals surface area contributed by atoms with Crippen molar-refractivity contribution < 1.29 is 9.59 Å². The van der Waals surface area contributed by atoms with E-state index in [1.54, 1.807) is 13.2 Å². The molecule has 100 valence electrons. The van der Waals surface area contributed by atoms with Crippen LogP contribution in [0.15, 0.2) is 12.4 Å². The molecule has 0 bridgehead atoms. The van der Waals surface area contributed by atoms with E-state index in [9.17, 15) is 9.59 Å². The van der Waals surface area contributed by atoms with Gasteiger partial charge in [-0.15, -0.1) is 0 Å². The van der Waals surface area contributed by atoms with Crippen molar-refractivity contribution >= 4 is 17.5 Å². The highest BCUT2D eigenvalue weighted by atomic mass is 16.2. The molecule has 0 fully saturated rings. The van der Waals surface area contributed by atoms with Crippen LogP contribution in [0.25, 0.3) is 0 Å².